The van der Waals surface area contributed by atoms with Gasteiger partial charge in [-0.3, -0.25) is 4.98 Å². The van der Waals surface area contributed by atoms with Crippen molar-refractivity contribution >= 4 is 17.0 Å². The SMILES string of the molecule is C=CC[C@H]1CN(C(=O)OCc2ccccc2)CC[C@H]1CCCc1ccnc2ccc(OC)cc12. The van der Waals surface area contributed by atoms with Crippen molar-refractivity contribution in [3.63, 3.8) is 0 Å². The minimum absolute atomic E-state index is 0.214. The maximum Gasteiger partial charge on any atom is 0.410 e. The molecule has 5 heteroatoms. The third kappa shape index (κ3) is 5.96. The topological polar surface area (TPSA) is 51.7 Å². The Morgan fingerprint density at radius 2 is 2.03 bits per heavy atom. The first-order valence-electron chi connectivity index (χ1n) is 12.2. The number of aryl methyl sites for hydroxylation is 1. The van der Waals surface area contributed by atoms with E-state index in [1.807, 2.05) is 59.6 Å². The Balaban J connectivity index is 1.32. The number of allylic oxidation sites excluding steroid dienone is 1. The molecule has 1 amide bonds. The normalized spacial score (nSPS) is 18.0. The quantitative estimate of drug-likeness (QED) is 0.347. The summed E-state index contributed by atoms with van der Waals surface area (Å²) in [5.74, 6) is 1.86. The molecule has 2 aromatic carbocycles. The van der Waals surface area contributed by atoms with Crippen molar-refractivity contribution in [3.05, 3.63) is 84.6 Å². The molecule has 34 heavy (non-hydrogen) atoms. The molecule has 1 saturated heterocycles. The Kier molecular flexibility index (Phi) is 8.18. The van der Waals surface area contributed by atoms with Gasteiger partial charge in [0.15, 0.2) is 0 Å². The van der Waals surface area contributed by atoms with Gasteiger partial charge in [-0.15, -0.1) is 6.58 Å². The Labute approximate surface area is 202 Å². The average molecular weight is 459 g/mol. The van der Waals surface area contributed by atoms with Crippen molar-refractivity contribution in [3.8, 4) is 5.75 Å². The number of aromatic nitrogens is 1. The van der Waals surface area contributed by atoms with Gasteiger partial charge < -0.3 is 14.4 Å². The van der Waals surface area contributed by atoms with Crippen LogP contribution in [0.1, 0.15) is 36.8 Å². The number of carbonyl (C=O) groups is 1. The molecule has 5 nitrogen and oxygen atoms in total. The zero-order valence-corrected chi connectivity index (χ0v) is 20.0. The first-order valence-corrected chi connectivity index (χ1v) is 12.2. The first-order chi connectivity index (χ1) is 16.7. The molecule has 2 heterocycles. The highest BCUT2D eigenvalue weighted by Crippen LogP contribution is 2.32. The molecule has 2 atom stereocenters. The summed E-state index contributed by atoms with van der Waals surface area (Å²) in [5, 5.41) is 1.17. The molecule has 0 N–H and O–H groups in total. The van der Waals surface area contributed by atoms with E-state index in [0.29, 0.717) is 18.4 Å². The summed E-state index contributed by atoms with van der Waals surface area (Å²) in [6.45, 7) is 5.76. The lowest BCUT2D eigenvalue weighted by Crippen LogP contribution is -2.44. The average Bonchev–Trinajstić information content (AvgIpc) is 2.88. The second-order valence-electron chi connectivity index (χ2n) is 9.06. The molecule has 3 aromatic rings. The molecule has 0 unspecified atom stereocenters. The van der Waals surface area contributed by atoms with Crippen LogP contribution >= 0.6 is 0 Å². The smallest absolute Gasteiger partial charge is 0.410 e. The van der Waals surface area contributed by atoms with Crippen LogP contribution in [0, 0.1) is 11.8 Å². The van der Waals surface area contributed by atoms with E-state index >= 15 is 0 Å². The van der Waals surface area contributed by atoms with Crippen LogP contribution in [0.25, 0.3) is 10.9 Å². The number of pyridine rings is 1. The summed E-state index contributed by atoms with van der Waals surface area (Å²) in [7, 11) is 1.70. The fourth-order valence-electron chi connectivity index (χ4n) is 5.00. The monoisotopic (exact) mass is 458 g/mol. The van der Waals surface area contributed by atoms with Crippen LogP contribution in [0.3, 0.4) is 0 Å². The number of fused-ring (bicyclic) bond motifs is 1. The predicted octanol–water partition coefficient (Wildman–Crippen LogP) is 6.42. The van der Waals surface area contributed by atoms with E-state index in [0.717, 1.165) is 62.0 Å². The third-order valence-corrected chi connectivity index (χ3v) is 6.88. The number of hydrogen-bond acceptors (Lipinski definition) is 4. The summed E-state index contributed by atoms with van der Waals surface area (Å²) >= 11 is 0. The number of nitrogens with zero attached hydrogens (tertiary/aromatic N) is 2. The standard InChI is InChI=1S/C29H34N2O3/c1-3-8-25-20-31(29(32)34-21-22-9-5-4-6-10-22)18-16-23(25)11-7-12-24-15-17-30-28-14-13-26(33-2)19-27(24)28/h3-6,9-10,13-15,17,19,23,25H,1,7-8,11-12,16,18,20-21H2,2H3/t23-,25+/m1/s1. The minimum atomic E-state index is -0.214. The minimum Gasteiger partial charge on any atom is -0.497 e. The molecule has 0 spiro atoms. The van der Waals surface area contributed by atoms with Crippen LogP contribution in [0.5, 0.6) is 5.75 Å². The maximum atomic E-state index is 12.7. The van der Waals surface area contributed by atoms with Crippen molar-refractivity contribution in [2.75, 3.05) is 20.2 Å². The number of hydrogen-bond donors (Lipinski definition) is 0. The number of carbonyl (C=O) groups excluding carboxylic acids is 1. The second kappa shape index (κ2) is 11.7. The van der Waals surface area contributed by atoms with Gasteiger partial charge in [0.2, 0.25) is 0 Å². The molecule has 0 radical (unpaired) electrons. The van der Waals surface area contributed by atoms with E-state index in [9.17, 15) is 4.79 Å². The molecule has 0 saturated carbocycles. The predicted molar refractivity (Wildman–Crippen MR) is 136 cm³/mol. The van der Waals surface area contributed by atoms with Crippen LogP contribution < -0.4 is 4.74 Å². The van der Waals surface area contributed by atoms with Crippen LogP contribution in [0.15, 0.2) is 73.4 Å². The zero-order valence-electron chi connectivity index (χ0n) is 20.0. The Morgan fingerprint density at radius 3 is 2.82 bits per heavy atom. The third-order valence-electron chi connectivity index (χ3n) is 6.88. The van der Waals surface area contributed by atoms with Gasteiger partial charge in [-0.1, -0.05) is 36.4 Å². The second-order valence-corrected chi connectivity index (χ2v) is 9.06. The van der Waals surface area contributed by atoms with Crippen LogP contribution in [0.4, 0.5) is 4.79 Å². The van der Waals surface area contributed by atoms with Crippen LogP contribution in [0.2, 0.25) is 0 Å². The van der Waals surface area contributed by atoms with E-state index in [4.69, 9.17) is 9.47 Å². The number of amides is 1. The van der Waals surface area contributed by atoms with E-state index in [-0.39, 0.29) is 6.09 Å². The molecule has 1 aliphatic heterocycles. The first kappa shape index (κ1) is 23.8. The molecular weight excluding hydrogens is 424 g/mol. The van der Waals surface area contributed by atoms with Crippen molar-refractivity contribution in [2.45, 2.75) is 38.7 Å². The van der Waals surface area contributed by atoms with Gasteiger partial charge in [-0.25, -0.2) is 4.79 Å². The van der Waals surface area contributed by atoms with Crippen LogP contribution in [-0.2, 0) is 17.8 Å². The lowest BCUT2D eigenvalue weighted by molar-refractivity contribution is 0.0627. The van der Waals surface area contributed by atoms with Gasteiger partial charge in [0.1, 0.15) is 12.4 Å². The Morgan fingerprint density at radius 1 is 1.18 bits per heavy atom. The number of ether oxygens (including phenoxy) is 2. The van der Waals surface area contributed by atoms with Gasteiger partial charge in [0.25, 0.3) is 0 Å². The van der Waals surface area contributed by atoms with E-state index < -0.39 is 0 Å². The Bertz CT molecular complexity index is 1100. The largest absolute Gasteiger partial charge is 0.497 e. The highest BCUT2D eigenvalue weighted by molar-refractivity contribution is 5.83. The summed E-state index contributed by atoms with van der Waals surface area (Å²) in [5.41, 5.74) is 3.32. The van der Waals surface area contributed by atoms with Gasteiger partial charge in [0.05, 0.1) is 12.6 Å². The lowest BCUT2D eigenvalue weighted by Gasteiger charge is -2.38. The lowest BCUT2D eigenvalue weighted by atomic mass is 9.80. The molecule has 4 rings (SSSR count). The molecule has 178 valence electrons. The van der Waals surface area contributed by atoms with Crippen molar-refractivity contribution < 1.29 is 14.3 Å². The molecule has 0 bridgehead atoms. The van der Waals surface area contributed by atoms with Crippen molar-refractivity contribution in [1.29, 1.82) is 0 Å². The zero-order chi connectivity index (χ0) is 23.8. The van der Waals surface area contributed by atoms with Gasteiger partial charge in [-0.2, -0.15) is 0 Å². The van der Waals surface area contributed by atoms with Crippen molar-refractivity contribution in [2.24, 2.45) is 11.8 Å². The molecule has 1 aliphatic rings. The van der Waals surface area contributed by atoms with Gasteiger partial charge >= 0.3 is 6.09 Å². The number of piperidine rings is 1. The number of rotatable bonds is 9. The number of methoxy groups -OCH3 is 1. The number of benzene rings is 2. The molecular formula is C29H34N2O3. The van der Waals surface area contributed by atoms with Crippen molar-refractivity contribution in [1.82, 2.24) is 9.88 Å². The molecule has 1 fully saturated rings. The fourth-order valence-corrected chi connectivity index (χ4v) is 5.00. The van der Waals surface area contributed by atoms with Gasteiger partial charge in [-0.05, 0) is 79.3 Å². The summed E-state index contributed by atoms with van der Waals surface area (Å²) < 4.78 is 11.0. The highest BCUT2D eigenvalue weighted by atomic mass is 16.6. The van der Waals surface area contributed by atoms with E-state index in [1.165, 1.54) is 10.9 Å². The van der Waals surface area contributed by atoms with E-state index in [2.05, 4.69) is 23.7 Å². The Hall–Kier alpha value is -3.34. The number of likely N-dealkylation sites (tertiary alicyclic amines) is 1. The molecule has 0 aliphatic carbocycles. The summed E-state index contributed by atoms with van der Waals surface area (Å²) in [4.78, 5) is 19.0. The van der Waals surface area contributed by atoms with Gasteiger partial charge in [0, 0.05) is 24.7 Å². The summed E-state index contributed by atoms with van der Waals surface area (Å²) in [6, 6.07) is 18.0. The van der Waals surface area contributed by atoms with Crippen LogP contribution in [-0.4, -0.2) is 36.2 Å². The fraction of sp³-hybridized carbons (Fsp3) is 0.379. The maximum absolute atomic E-state index is 12.7. The summed E-state index contributed by atoms with van der Waals surface area (Å²) in [6.07, 6.45) is 8.84. The highest BCUT2D eigenvalue weighted by Gasteiger charge is 2.31. The van der Waals surface area contributed by atoms with E-state index in [1.54, 1.807) is 7.11 Å². The molecule has 1 aromatic heterocycles.